The molecule has 0 fully saturated rings. The lowest BCUT2D eigenvalue weighted by Crippen LogP contribution is -1.97. The molecule has 0 amide bonds. The van der Waals surface area contributed by atoms with Crippen LogP contribution in [0.1, 0.15) is 30.9 Å². The van der Waals surface area contributed by atoms with Crippen molar-refractivity contribution in [2.75, 3.05) is 0 Å². The van der Waals surface area contributed by atoms with E-state index >= 15 is 0 Å². The Bertz CT molecular complexity index is 656. The summed E-state index contributed by atoms with van der Waals surface area (Å²) in [5, 5.41) is 10.8. The van der Waals surface area contributed by atoms with Crippen LogP contribution in [-0.4, -0.2) is 4.92 Å². The molecule has 2 aromatic rings. The lowest BCUT2D eigenvalue weighted by Gasteiger charge is -2.15. The molecule has 0 saturated heterocycles. The summed E-state index contributed by atoms with van der Waals surface area (Å²) in [6, 6.07) is 12.2. The third kappa shape index (κ3) is 3.52. The van der Waals surface area contributed by atoms with Crippen LogP contribution in [0.2, 0.25) is 0 Å². The molecule has 0 bridgehead atoms. The van der Waals surface area contributed by atoms with Gasteiger partial charge in [-0.3, -0.25) is 10.1 Å². The fourth-order valence-corrected chi connectivity index (χ4v) is 2.26. The van der Waals surface area contributed by atoms with Crippen LogP contribution in [0.25, 0.3) is 0 Å². The van der Waals surface area contributed by atoms with Crippen LogP contribution in [0.15, 0.2) is 42.5 Å². The predicted molar refractivity (Wildman–Crippen MR) is 83.3 cm³/mol. The van der Waals surface area contributed by atoms with E-state index in [-0.39, 0.29) is 11.6 Å². The average Bonchev–Trinajstić information content (AvgIpc) is 2.47. The SMILES string of the molecule is CC(C)c1ccccc1Oc1ccc([N+](=O)[O-])cc1CCl. The van der Waals surface area contributed by atoms with Crippen LogP contribution in [-0.2, 0) is 5.88 Å². The fraction of sp³-hybridized carbons (Fsp3) is 0.250. The summed E-state index contributed by atoms with van der Waals surface area (Å²) in [7, 11) is 0. The normalized spacial score (nSPS) is 10.7. The molecule has 0 aromatic heterocycles. The van der Waals surface area contributed by atoms with Crippen LogP contribution in [0.4, 0.5) is 5.69 Å². The van der Waals surface area contributed by atoms with Gasteiger partial charge in [-0.15, -0.1) is 11.6 Å². The molecule has 0 N–H and O–H groups in total. The summed E-state index contributed by atoms with van der Waals surface area (Å²) >= 11 is 5.87. The van der Waals surface area contributed by atoms with Crippen molar-refractivity contribution in [3.05, 3.63) is 63.7 Å². The van der Waals surface area contributed by atoms with E-state index in [2.05, 4.69) is 13.8 Å². The van der Waals surface area contributed by atoms with E-state index in [4.69, 9.17) is 16.3 Å². The van der Waals surface area contributed by atoms with Gasteiger partial charge < -0.3 is 4.74 Å². The van der Waals surface area contributed by atoms with E-state index < -0.39 is 4.92 Å². The highest BCUT2D eigenvalue weighted by Gasteiger charge is 2.14. The molecule has 0 radical (unpaired) electrons. The summed E-state index contributed by atoms with van der Waals surface area (Å²) in [4.78, 5) is 10.4. The fourth-order valence-electron chi connectivity index (χ4n) is 2.05. The van der Waals surface area contributed by atoms with Gasteiger partial charge in [-0.2, -0.15) is 0 Å². The molecule has 0 spiro atoms. The van der Waals surface area contributed by atoms with Crippen molar-refractivity contribution >= 4 is 17.3 Å². The van der Waals surface area contributed by atoms with Crippen LogP contribution in [0.3, 0.4) is 0 Å². The lowest BCUT2D eigenvalue weighted by atomic mass is 10.0. The number of alkyl halides is 1. The molecule has 0 aliphatic carbocycles. The van der Waals surface area contributed by atoms with E-state index in [0.717, 1.165) is 11.3 Å². The van der Waals surface area contributed by atoms with Crippen molar-refractivity contribution in [3.8, 4) is 11.5 Å². The molecule has 2 aromatic carbocycles. The summed E-state index contributed by atoms with van der Waals surface area (Å²) in [6.45, 7) is 4.17. The van der Waals surface area contributed by atoms with Crippen LogP contribution in [0, 0.1) is 10.1 Å². The standard InChI is InChI=1S/C16H16ClNO3/c1-11(2)14-5-3-4-6-16(14)21-15-8-7-13(18(19)20)9-12(15)10-17/h3-9,11H,10H2,1-2H3. The zero-order chi connectivity index (χ0) is 15.4. The minimum atomic E-state index is -0.443. The minimum Gasteiger partial charge on any atom is -0.457 e. The first kappa shape index (κ1) is 15.3. The van der Waals surface area contributed by atoms with Gasteiger partial charge in [-0.1, -0.05) is 32.0 Å². The highest BCUT2D eigenvalue weighted by atomic mass is 35.5. The van der Waals surface area contributed by atoms with Crippen molar-refractivity contribution in [1.29, 1.82) is 0 Å². The predicted octanol–water partition coefficient (Wildman–Crippen LogP) is 5.25. The summed E-state index contributed by atoms with van der Waals surface area (Å²) in [5.41, 5.74) is 1.69. The number of nitro benzene ring substituents is 1. The number of para-hydroxylation sites is 1. The second kappa shape index (κ2) is 6.59. The molecular weight excluding hydrogens is 290 g/mol. The Kier molecular flexibility index (Phi) is 4.81. The molecule has 0 aliphatic rings. The third-order valence-corrected chi connectivity index (χ3v) is 3.45. The van der Waals surface area contributed by atoms with Gasteiger partial charge in [-0.05, 0) is 23.6 Å². The summed E-state index contributed by atoms with van der Waals surface area (Å²) in [5.74, 6) is 1.76. The van der Waals surface area contributed by atoms with Gasteiger partial charge in [0.05, 0.1) is 10.8 Å². The average molecular weight is 306 g/mol. The van der Waals surface area contributed by atoms with Gasteiger partial charge in [0.15, 0.2) is 0 Å². The quantitative estimate of drug-likeness (QED) is 0.430. The Morgan fingerprint density at radius 1 is 1.19 bits per heavy atom. The number of hydrogen-bond acceptors (Lipinski definition) is 3. The number of nitro groups is 1. The van der Waals surface area contributed by atoms with Gasteiger partial charge in [0.1, 0.15) is 11.5 Å². The molecule has 0 unspecified atom stereocenters. The van der Waals surface area contributed by atoms with Crippen molar-refractivity contribution < 1.29 is 9.66 Å². The number of rotatable bonds is 5. The van der Waals surface area contributed by atoms with Gasteiger partial charge in [-0.25, -0.2) is 0 Å². The first-order valence-corrected chi connectivity index (χ1v) is 7.16. The van der Waals surface area contributed by atoms with Crippen molar-refractivity contribution in [3.63, 3.8) is 0 Å². The van der Waals surface area contributed by atoms with E-state index in [0.29, 0.717) is 17.2 Å². The minimum absolute atomic E-state index is 0.00939. The summed E-state index contributed by atoms with van der Waals surface area (Å²) in [6.07, 6.45) is 0. The Balaban J connectivity index is 2.38. The largest absolute Gasteiger partial charge is 0.457 e. The molecular formula is C16H16ClNO3. The van der Waals surface area contributed by atoms with Gasteiger partial charge in [0.2, 0.25) is 0 Å². The van der Waals surface area contributed by atoms with Gasteiger partial charge in [0, 0.05) is 17.7 Å². The Morgan fingerprint density at radius 3 is 2.52 bits per heavy atom. The third-order valence-electron chi connectivity index (χ3n) is 3.16. The van der Waals surface area contributed by atoms with E-state index in [1.807, 2.05) is 24.3 Å². The van der Waals surface area contributed by atoms with E-state index in [9.17, 15) is 10.1 Å². The molecule has 21 heavy (non-hydrogen) atoms. The zero-order valence-corrected chi connectivity index (χ0v) is 12.6. The first-order chi connectivity index (χ1) is 10.0. The summed E-state index contributed by atoms with van der Waals surface area (Å²) < 4.78 is 5.92. The maximum Gasteiger partial charge on any atom is 0.270 e. The second-order valence-electron chi connectivity index (χ2n) is 4.98. The first-order valence-electron chi connectivity index (χ1n) is 6.63. The molecule has 0 saturated carbocycles. The van der Waals surface area contributed by atoms with Crippen molar-refractivity contribution in [2.24, 2.45) is 0 Å². The molecule has 2 rings (SSSR count). The molecule has 0 aliphatic heterocycles. The Labute approximate surface area is 128 Å². The van der Waals surface area contributed by atoms with Crippen LogP contribution in [0.5, 0.6) is 11.5 Å². The molecule has 5 heteroatoms. The highest BCUT2D eigenvalue weighted by molar-refractivity contribution is 6.17. The maximum absolute atomic E-state index is 10.8. The Morgan fingerprint density at radius 2 is 1.90 bits per heavy atom. The highest BCUT2D eigenvalue weighted by Crippen LogP contribution is 2.34. The number of hydrogen-bond donors (Lipinski definition) is 0. The Hall–Kier alpha value is -2.07. The molecule has 0 heterocycles. The van der Waals surface area contributed by atoms with Gasteiger partial charge >= 0.3 is 0 Å². The maximum atomic E-state index is 10.8. The van der Waals surface area contributed by atoms with E-state index in [1.54, 1.807) is 6.07 Å². The van der Waals surface area contributed by atoms with E-state index in [1.165, 1.54) is 12.1 Å². The lowest BCUT2D eigenvalue weighted by molar-refractivity contribution is -0.384. The second-order valence-corrected chi connectivity index (χ2v) is 5.24. The van der Waals surface area contributed by atoms with Crippen molar-refractivity contribution in [2.45, 2.75) is 25.6 Å². The topological polar surface area (TPSA) is 52.4 Å². The number of nitrogens with zero attached hydrogens (tertiary/aromatic N) is 1. The van der Waals surface area contributed by atoms with Crippen LogP contribution < -0.4 is 4.74 Å². The molecule has 0 atom stereocenters. The van der Waals surface area contributed by atoms with Crippen molar-refractivity contribution in [1.82, 2.24) is 0 Å². The monoisotopic (exact) mass is 305 g/mol. The molecule has 4 nitrogen and oxygen atoms in total. The number of benzene rings is 2. The smallest absolute Gasteiger partial charge is 0.270 e. The zero-order valence-electron chi connectivity index (χ0n) is 11.9. The molecule has 110 valence electrons. The number of non-ortho nitro benzene ring substituents is 1. The van der Waals surface area contributed by atoms with Crippen LogP contribution >= 0.6 is 11.6 Å². The number of halogens is 1. The van der Waals surface area contributed by atoms with Gasteiger partial charge in [0.25, 0.3) is 5.69 Å². The number of ether oxygens (including phenoxy) is 1.